The van der Waals surface area contributed by atoms with E-state index in [1.807, 2.05) is 0 Å². The standard InChI is InChI=1S/4C3H7O.U/c4*1-3(2)4;/h4*3H,1-2H3;/q4*-1;+4. The Balaban J connectivity index is -0.0000000369. The van der Waals surface area contributed by atoms with Gasteiger partial charge in [-0.05, 0) is 0 Å². The molecule has 0 aromatic rings. The van der Waals surface area contributed by atoms with Crippen LogP contribution in [0.25, 0.3) is 0 Å². The van der Waals surface area contributed by atoms with E-state index < -0.39 is 24.4 Å². The van der Waals surface area contributed by atoms with Gasteiger partial charge >= 0.3 is 31.1 Å². The van der Waals surface area contributed by atoms with Crippen molar-refractivity contribution in [1.82, 2.24) is 0 Å². The Labute approximate surface area is 131 Å². The molecule has 0 aliphatic rings. The Morgan fingerprint density at radius 2 is 0.412 bits per heavy atom. The second kappa shape index (κ2) is 25.7. The molecule has 0 aliphatic carbocycles. The Hall–Kier alpha value is 0.892. The largest absolute Gasteiger partial charge is 4.00 e. The average Bonchev–Trinajstić information content (AvgIpc) is 1.76. The van der Waals surface area contributed by atoms with E-state index in [0.29, 0.717) is 0 Å². The van der Waals surface area contributed by atoms with Crippen LogP contribution in [-0.4, -0.2) is 24.4 Å². The van der Waals surface area contributed by atoms with Gasteiger partial charge in [-0.3, -0.25) is 0 Å². The van der Waals surface area contributed by atoms with Gasteiger partial charge in [0.25, 0.3) is 0 Å². The minimum Gasteiger partial charge on any atom is -0.852 e. The second-order valence-corrected chi connectivity index (χ2v) is 4.20. The van der Waals surface area contributed by atoms with Crippen LogP contribution in [0.1, 0.15) is 55.4 Å². The molecule has 0 fully saturated rings. The summed E-state index contributed by atoms with van der Waals surface area (Å²) in [6, 6.07) is 0. The third kappa shape index (κ3) is 4710. The number of hydrogen-bond acceptors (Lipinski definition) is 4. The predicted molar refractivity (Wildman–Crippen MR) is 60.5 cm³/mol. The van der Waals surface area contributed by atoms with Crippen LogP contribution < -0.4 is 20.4 Å². The van der Waals surface area contributed by atoms with Gasteiger partial charge in [-0.2, -0.15) is 0 Å². The molecule has 0 bridgehead atoms. The Morgan fingerprint density at radius 3 is 0.412 bits per heavy atom. The van der Waals surface area contributed by atoms with Crippen molar-refractivity contribution in [3.8, 4) is 0 Å². The molecule has 0 radical (unpaired) electrons. The Morgan fingerprint density at radius 1 is 0.412 bits per heavy atom. The molecule has 0 atom stereocenters. The van der Waals surface area contributed by atoms with Crippen LogP contribution in [-0.2, 0) is 0 Å². The average molecular weight is 474 g/mol. The van der Waals surface area contributed by atoms with Gasteiger partial charge in [-0.25, -0.2) is 0 Å². The molecule has 0 N–H and O–H groups in total. The Kier molecular flexibility index (Phi) is 46.4. The zero-order valence-corrected chi connectivity index (χ0v) is 16.6. The van der Waals surface area contributed by atoms with E-state index in [4.69, 9.17) is 0 Å². The minimum atomic E-state index is -0.417. The first-order chi connectivity index (χ1) is 6.93. The molecule has 5 heteroatoms. The van der Waals surface area contributed by atoms with E-state index in [1.165, 1.54) is 0 Å². The first-order valence-corrected chi connectivity index (χ1v) is 5.56. The summed E-state index contributed by atoms with van der Waals surface area (Å²) >= 11 is 0. The van der Waals surface area contributed by atoms with Gasteiger partial charge in [0.05, 0.1) is 0 Å². The van der Waals surface area contributed by atoms with Crippen molar-refractivity contribution >= 4 is 0 Å². The molecular formula is C12H28O4U. The summed E-state index contributed by atoms with van der Waals surface area (Å²) < 4.78 is 0. The van der Waals surface area contributed by atoms with Crippen molar-refractivity contribution in [1.29, 1.82) is 0 Å². The summed E-state index contributed by atoms with van der Waals surface area (Å²) in [5.74, 6) is 0. The summed E-state index contributed by atoms with van der Waals surface area (Å²) in [4.78, 5) is 0. The first-order valence-electron chi connectivity index (χ1n) is 5.56. The van der Waals surface area contributed by atoms with E-state index in [9.17, 15) is 20.4 Å². The van der Waals surface area contributed by atoms with Crippen LogP contribution in [0.3, 0.4) is 0 Å². The van der Waals surface area contributed by atoms with Crippen LogP contribution in [0, 0.1) is 31.1 Å². The summed E-state index contributed by atoms with van der Waals surface area (Å²) in [6.07, 6.45) is -1.67. The summed E-state index contributed by atoms with van der Waals surface area (Å²) in [7, 11) is 0. The smallest absolute Gasteiger partial charge is 0.852 e. The van der Waals surface area contributed by atoms with Gasteiger partial charge in [0.2, 0.25) is 0 Å². The summed E-state index contributed by atoms with van der Waals surface area (Å²) in [5.41, 5.74) is 0. The second-order valence-electron chi connectivity index (χ2n) is 4.20. The maximum atomic E-state index is 9.53. The molecule has 0 spiro atoms. The molecule has 0 unspecified atom stereocenters. The maximum absolute atomic E-state index is 9.53. The third-order valence-electron chi connectivity index (χ3n) is 0. The van der Waals surface area contributed by atoms with Crippen LogP contribution in [0.15, 0.2) is 0 Å². The zero-order chi connectivity index (χ0) is 14.3. The van der Waals surface area contributed by atoms with E-state index in [1.54, 1.807) is 55.4 Å². The first kappa shape index (κ1) is 30.7. The van der Waals surface area contributed by atoms with Gasteiger partial charge in [-0.1, -0.05) is 55.4 Å². The molecular weight excluding hydrogens is 446 g/mol. The van der Waals surface area contributed by atoms with Crippen LogP contribution in [0.4, 0.5) is 0 Å². The topological polar surface area (TPSA) is 92.2 Å². The van der Waals surface area contributed by atoms with Crippen molar-refractivity contribution in [2.45, 2.75) is 79.8 Å². The van der Waals surface area contributed by atoms with Crippen LogP contribution >= 0.6 is 0 Å². The van der Waals surface area contributed by atoms with E-state index in [-0.39, 0.29) is 31.1 Å². The quantitative estimate of drug-likeness (QED) is 0.452. The van der Waals surface area contributed by atoms with E-state index in [2.05, 4.69) is 0 Å². The van der Waals surface area contributed by atoms with Crippen molar-refractivity contribution in [2.24, 2.45) is 0 Å². The van der Waals surface area contributed by atoms with Gasteiger partial charge < -0.3 is 20.4 Å². The van der Waals surface area contributed by atoms with Gasteiger partial charge in [-0.15, -0.1) is 24.4 Å². The molecule has 0 amide bonds. The molecule has 104 valence electrons. The summed E-state index contributed by atoms with van der Waals surface area (Å²) in [5, 5.41) is 38.1. The molecule has 4 nitrogen and oxygen atoms in total. The number of rotatable bonds is 0. The fraction of sp³-hybridized carbons (Fsp3) is 1.00. The van der Waals surface area contributed by atoms with Crippen molar-refractivity contribution in [3.63, 3.8) is 0 Å². The Bertz CT molecular complexity index is 61.5. The molecule has 0 heterocycles. The molecule has 0 saturated heterocycles. The van der Waals surface area contributed by atoms with Crippen molar-refractivity contribution < 1.29 is 51.5 Å². The van der Waals surface area contributed by atoms with Crippen molar-refractivity contribution in [3.05, 3.63) is 0 Å². The minimum absolute atomic E-state index is 0. The molecule has 0 saturated carbocycles. The summed E-state index contributed by atoms with van der Waals surface area (Å²) in [6.45, 7) is 12.9. The molecule has 0 aliphatic heterocycles. The normalized spacial score (nSPS) is 8.47. The SMILES string of the molecule is CC(C)[O-].CC(C)[O-].CC(C)[O-].CC(C)[O-].[U+4]. The van der Waals surface area contributed by atoms with Gasteiger partial charge in [0.1, 0.15) is 0 Å². The zero-order valence-electron chi connectivity index (χ0n) is 12.4. The monoisotopic (exact) mass is 474 g/mol. The van der Waals surface area contributed by atoms with Gasteiger partial charge in [0, 0.05) is 0 Å². The van der Waals surface area contributed by atoms with E-state index >= 15 is 0 Å². The molecule has 0 aromatic carbocycles. The van der Waals surface area contributed by atoms with E-state index in [0.717, 1.165) is 0 Å². The number of hydrogen-bond donors (Lipinski definition) is 0. The fourth-order valence-electron chi connectivity index (χ4n) is 0. The maximum Gasteiger partial charge on any atom is 4.00 e. The predicted octanol–water partition coefficient (Wildman–Crippen LogP) is -0.980. The molecule has 0 rings (SSSR count). The van der Waals surface area contributed by atoms with Crippen molar-refractivity contribution in [2.75, 3.05) is 0 Å². The van der Waals surface area contributed by atoms with Crippen LogP contribution in [0.2, 0.25) is 0 Å². The van der Waals surface area contributed by atoms with Gasteiger partial charge in [0.15, 0.2) is 0 Å². The van der Waals surface area contributed by atoms with Crippen LogP contribution in [0.5, 0.6) is 0 Å². The molecule has 17 heavy (non-hydrogen) atoms. The third-order valence-corrected chi connectivity index (χ3v) is 0. The molecule has 0 aromatic heterocycles. The fourth-order valence-corrected chi connectivity index (χ4v) is 0.